The molecule has 1 N–H and O–H groups in total. The molecule has 17 heteroatoms. The van der Waals surface area contributed by atoms with Crippen molar-refractivity contribution in [3.8, 4) is 5.88 Å². The number of halogens is 9. The van der Waals surface area contributed by atoms with Gasteiger partial charge in [-0.3, -0.25) is 0 Å². The minimum absolute atomic E-state index is 0.111. The number of aromatic nitrogens is 4. The maximum absolute atomic E-state index is 13.0. The standard InChI is InChI=1S/C16H16ClF3N2O2.C11H16O2.C5HCl2F3N2/c1-10(23-9-12-6-4-3-5-7-12)11(2)24-14-13(16(18,19)20)8-21-15(17)22-14;1-9(12)10(2)13-8-11-6-4-3-5-7-11;6-3-2(5(8,9)10)1-11-4(7)12-3/h3-8,10-11H,9H2,1-2H3;3-7,9-10,12H,8H2,1-2H3;1H/t10-,11-;9-,10-;/m11./s1. The summed E-state index contributed by atoms with van der Waals surface area (Å²) in [7, 11) is 0. The second kappa shape index (κ2) is 19.8. The minimum Gasteiger partial charge on any atom is -0.471 e. The van der Waals surface area contributed by atoms with Crippen molar-refractivity contribution in [2.24, 2.45) is 0 Å². The molecule has 2 heterocycles. The van der Waals surface area contributed by atoms with Crippen molar-refractivity contribution < 1.29 is 45.7 Å². The van der Waals surface area contributed by atoms with Crippen LogP contribution in [0.15, 0.2) is 73.1 Å². The first-order chi connectivity index (χ1) is 22.9. The highest BCUT2D eigenvalue weighted by atomic mass is 35.5. The van der Waals surface area contributed by atoms with Gasteiger partial charge in [0.15, 0.2) is 0 Å². The van der Waals surface area contributed by atoms with Crippen molar-refractivity contribution in [2.75, 3.05) is 0 Å². The average Bonchev–Trinajstić information content (AvgIpc) is 3.02. The lowest BCUT2D eigenvalue weighted by Crippen LogP contribution is -2.30. The molecule has 0 amide bonds. The van der Waals surface area contributed by atoms with E-state index in [0.29, 0.717) is 25.6 Å². The average molecular weight is 758 g/mol. The highest BCUT2D eigenvalue weighted by molar-refractivity contribution is 6.32. The van der Waals surface area contributed by atoms with Gasteiger partial charge >= 0.3 is 12.4 Å². The Kier molecular flexibility index (Phi) is 16.9. The quantitative estimate of drug-likeness (QED) is 0.0972. The Balaban J connectivity index is 0.000000281. The van der Waals surface area contributed by atoms with Crippen LogP contribution in [0.25, 0.3) is 0 Å². The zero-order valence-corrected chi connectivity index (χ0v) is 28.8. The summed E-state index contributed by atoms with van der Waals surface area (Å²) in [6.45, 7) is 7.80. The van der Waals surface area contributed by atoms with E-state index >= 15 is 0 Å². The van der Waals surface area contributed by atoms with Crippen LogP contribution in [0, 0.1) is 0 Å². The summed E-state index contributed by atoms with van der Waals surface area (Å²) >= 11 is 15.9. The fourth-order valence-corrected chi connectivity index (χ4v) is 3.85. The van der Waals surface area contributed by atoms with Gasteiger partial charge in [-0.2, -0.15) is 31.3 Å². The first-order valence-corrected chi connectivity index (χ1v) is 15.5. The third-order valence-electron chi connectivity index (χ3n) is 6.40. The summed E-state index contributed by atoms with van der Waals surface area (Å²) in [5, 5.41) is 7.85. The normalized spacial score (nSPS) is 13.9. The van der Waals surface area contributed by atoms with Crippen molar-refractivity contribution in [3.05, 3.63) is 111 Å². The van der Waals surface area contributed by atoms with Gasteiger partial charge in [0.25, 0.3) is 0 Å². The van der Waals surface area contributed by atoms with Crippen LogP contribution in [-0.2, 0) is 35.0 Å². The van der Waals surface area contributed by atoms with Crippen LogP contribution in [0.4, 0.5) is 26.3 Å². The predicted molar refractivity (Wildman–Crippen MR) is 172 cm³/mol. The Morgan fingerprint density at radius 1 is 0.633 bits per heavy atom. The topological polar surface area (TPSA) is 99.5 Å². The Morgan fingerprint density at radius 2 is 1.06 bits per heavy atom. The summed E-state index contributed by atoms with van der Waals surface area (Å²) < 4.78 is 91.2. The molecule has 2 aromatic carbocycles. The zero-order chi connectivity index (χ0) is 36.8. The zero-order valence-electron chi connectivity index (χ0n) is 26.5. The van der Waals surface area contributed by atoms with E-state index in [1.165, 1.54) is 0 Å². The highest BCUT2D eigenvalue weighted by Gasteiger charge is 2.37. The predicted octanol–water partition coefficient (Wildman–Crippen LogP) is 9.30. The monoisotopic (exact) mass is 756 g/mol. The van der Waals surface area contributed by atoms with Crippen molar-refractivity contribution in [3.63, 3.8) is 0 Å². The van der Waals surface area contributed by atoms with E-state index in [4.69, 9.17) is 49.0 Å². The maximum atomic E-state index is 13.0. The van der Waals surface area contributed by atoms with Gasteiger partial charge in [-0.1, -0.05) is 72.3 Å². The molecule has 2 aromatic heterocycles. The molecule has 0 radical (unpaired) electrons. The molecule has 0 aliphatic rings. The molecule has 0 unspecified atom stereocenters. The van der Waals surface area contributed by atoms with Crippen molar-refractivity contribution in [1.29, 1.82) is 0 Å². The van der Waals surface area contributed by atoms with Crippen molar-refractivity contribution >= 4 is 34.8 Å². The molecule has 268 valence electrons. The summed E-state index contributed by atoms with van der Waals surface area (Å²) in [4.78, 5) is 13.2. The van der Waals surface area contributed by atoms with Crippen molar-refractivity contribution in [2.45, 2.75) is 77.7 Å². The molecule has 4 atom stereocenters. The van der Waals surface area contributed by atoms with Crippen LogP contribution in [-0.4, -0.2) is 49.5 Å². The van der Waals surface area contributed by atoms with E-state index in [-0.39, 0.29) is 16.7 Å². The summed E-state index contributed by atoms with van der Waals surface area (Å²) in [5.74, 6) is -0.606. The largest absolute Gasteiger partial charge is 0.471 e. The van der Waals surface area contributed by atoms with Crippen LogP contribution in [0.2, 0.25) is 15.7 Å². The molecule has 0 bridgehead atoms. The Morgan fingerprint density at radius 3 is 1.49 bits per heavy atom. The number of rotatable bonds is 10. The summed E-state index contributed by atoms with van der Waals surface area (Å²) in [5.41, 5.74) is -0.0739. The van der Waals surface area contributed by atoms with Crippen molar-refractivity contribution in [1.82, 2.24) is 19.9 Å². The fraction of sp³-hybridized carbons (Fsp3) is 0.375. The number of benzene rings is 2. The van der Waals surface area contributed by atoms with Crippen LogP contribution in [0.1, 0.15) is 49.9 Å². The molecule has 0 spiro atoms. The molecule has 0 saturated heterocycles. The second-order valence-corrected chi connectivity index (χ2v) is 11.3. The highest BCUT2D eigenvalue weighted by Crippen LogP contribution is 2.36. The lowest BCUT2D eigenvalue weighted by molar-refractivity contribution is -0.140. The molecular formula is C32H33Cl3F6N4O4. The third kappa shape index (κ3) is 15.4. The third-order valence-corrected chi connectivity index (χ3v) is 7.05. The number of aliphatic hydroxyl groups excluding tert-OH is 1. The molecule has 49 heavy (non-hydrogen) atoms. The van der Waals surface area contributed by atoms with Gasteiger partial charge in [0.1, 0.15) is 22.4 Å². The molecule has 0 saturated carbocycles. The fourth-order valence-electron chi connectivity index (χ4n) is 3.31. The molecule has 0 fully saturated rings. The van der Waals surface area contributed by atoms with E-state index in [1.54, 1.807) is 20.8 Å². The SMILES string of the molecule is C[C@@H](O)[C@@H](C)OCc1ccccc1.C[C@@H](OCc1ccccc1)[C@@H](C)Oc1nc(Cl)ncc1C(F)(F)F.FC(F)(F)c1cnc(Cl)nc1Cl. The number of hydrogen-bond donors (Lipinski definition) is 1. The van der Waals surface area contributed by atoms with Gasteiger partial charge in [-0.05, 0) is 62.0 Å². The minimum atomic E-state index is -4.63. The number of aliphatic hydroxyl groups is 1. The van der Waals surface area contributed by atoms with Gasteiger partial charge in [0.2, 0.25) is 16.4 Å². The molecule has 4 aromatic rings. The first kappa shape index (κ1) is 41.9. The first-order valence-electron chi connectivity index (χ1n) is 14.4. The van der Waals surface area contributed by atoms with Crippen LogP contribution < -0.4 is 4.74 Å². The van der Waals surface area contributed by atoms with Gasteiger partial charge < -0.3 is 19.3 Å². The number of hydrogen-bond acceptors (Lipinski definition) is 8. The summed E-state index contributed by atoms with van der Waals surface area (Å²) in [6, 6.07) is 19.4. The second-order valence-electron chi connectivity index (χ2n) is 10.3. The summed E-state index contributed by atoms with van der Waals surface area (Å²) in [6.07, 6.45) is -9.68. The van der Waals surface area contributed by atoms with Gasteiger partial charge in [0.05, 0.1) is 31.5 Å². The molecule has 8 nitrogen and oxygen atoms in total. The van der Waals surface area contributed by atoms with Crippen LogP contribution >= 0.6 is 34.8 Å². The van der Waals surface area contributed by atoms with Gasteiger partial charge in [-0.25, -0.2) is 15.0 Å². The van der Waals surface area contributed by atoms with Gasteiger partial charge in [-0.15, -0.1) is 0 Å². The van der Waals surface area contributed by atoms with E-state index in [9.17, 15) is 31.4 Å². The van der Waals surface area contributed by atoms with Crippen LogP contribution in [0.3, 0.4) is 0 Å². The smallest absolute Gasteiger partial charge is 0.423 e. The number of ether oxygens (including phenoxy) is 3. The number of alkyl halides is 6. The molecule has 4 rings (SSSR count). The van der Waals surface area contributed by atoms with E-state index in [1.807, 2.05) is 67.6 Å². The number of nitrogens with zero attached hydrogens (tertiary/aromatic N) is 4. The van der Waals surface area contributed by atoms with E-state index in [0.717, 1.165) is 11.1 Å². The molecule has 0 aliphatic carbocycles. The Hall–Kier alpha value is -3.27. The van der Waals surface area contributed by atoms with Gasteiger partial charge in [0, 0.05) is 12.4 Å². The Labute approximate surface area is 294 Å². The maximum Gasteiger partial charge on any atom is 0.423 e. The van der Waals surface area contributed by atoms with Crippen LogP contribution in [0.5, 0.6) is 5.88 Å². The van der Waals surface area contributed by atoms with E-state index < -0.39 is 52.8 Å². The molecular weight excluding hydrogens is 725 g/mol. The lowest BCUT2D eigenvalue weighted by Gasteiger charge is -2.23. The van der Waals surface area contributed by atoms with E-state index in [2.05, 4.69) is 19.9 Å². The lowest BCUT2D eigenvalue weighted by atomic mass is 10.2. The Bertz CT molecular complexity index is 1560. The molecule has 0 aliphatic heterocycles.